The first-order valence-electron chi connectivity index (χ1n) is 8.51. The van der Waals surface area contributed by atoms with Crippen LogP contribution in [0.4, 0.5) is 5.95 Å². The molecule has 1 aromatic carbocycles. The molecule has 0 aliphatic heterocycles. The van der Waals surface area contributed by atoms with Crippen molar-refractivity contribution in [3.63, 3.8) is 0 Å². The minimum atomic E-state index is 0.475. The second-order valence-electron chi connectivity index (χ2n) is 5.92. The average molecular weight is 370 g/mol. The van der Waals surface area contributed by atoms with E-state index >= 15 is 0 Å². The molecule has 136 valence electrons. The maximum Gasteiger partial charge on any atom is 0.229 e. The molecule has 0 radical (unpaired) electrons. The number of benzene rings is 1. The number of rotatable bonds is 9. The van der Waals surface area contributed by atoms with Gasteiger partial charge in [0.2, 0.25) is 10.7 Å². The Morgan fingerprint density at radius 3 is 2.73 bits per heavy atom. The maximum absolute atomic E-state index is 5.71. The first kappa shape index (κ1) is 18.3. The van der Waals surface area contributed by atoms with E-state index in [9.17, 15) is 0 Å². The van der Waals surface area contributed by atoms with Crippen LogP contribution >= 0.6 is 12.2 Å². The zero-order valence-electron chi connectivity index (χ0n) is 14.7. The second-order valence-corrected chi connectivity index (χ2v) is 6.28. The Morgan fingerprint density at radius 2 is 2.00 bits per heavy atom. The van der Waals surface area contributed by atoms with E-state index in [0.29, 0.717) is 37.0 Å². The van der Waals surface area contributed by atoms with Gasteiger partial charge in [0.25, 0.3) is 0 Å². The molecule has 2 heterocycles. The molecular weight excluding hydrogens is 348 g/mol. The van der Waals surface area contributed by atoms with Crippen LogP contribution in [0.15, 0.2) is 59.5 Å². The number of hydrogen-bond acceptors (Lipinski definition) is 6. The quantitative estimate of drug-likeness (QED) is 0.425. The summed E-state index contributed by atoms with van der Waals surface area (Å²) in [5.74, 6) is 1.41. The standard InChI is InChI=1S/C19H22N4O2S/c1-22(10-13-24-12-9-16-6-3-2-4-7-16)18-20-15-23(19(26)21-18)14-17-8-5-11-25-17/h2-8,11,15H,9-10,12-14H2,1H3. The maximum atomic E-state index is 5.71. The summed E-state index contributed by atoms with van der Waals surface area (Å²) in [4.78, 5) is 10.7. The minimum absolute atomic E-state index is 0.475. The molecular formula is C19H22N4O2S. The largest absolute Gasteiger partial charge is 0.467 e. The highest BCUT2D eigenvalue weighted by Crippen LogP contribution is 2.07. The van der Waals surface area contributed by atoms with Gasteiger partial charge in [-0.15, -0.1) is 0 Å². The molecule has 0 N–H and O–H groups in total. The van der Waals surface area contributed by atoms with Gasteiger partial charge in [-0.2, -0.15) is 4.98 Å². The summed E-state index contributed by atoms with van der Waals surface area (Å²) in [5, 5.41) is 0. The molecule has 26 heavy (non-hydrogen) atoms. The summed E-state index contributed by atoms with van der Waals surface area (Å²) < 4.78 is 13.3. The Labute approximate surface area is 158 Å². The molecule has 2 aromatic heterocycles. The van der Waals surface area contributed by atoms with Crippen LogP contribution in [0.25, 0.3) is 0 Å². The molecule has 0 fully saturated rings. The van der Waals surface area contributed by atoms with E-state index in [1.165, 1.54) is 5.56 Å². The number of anilines is 1. The van der Waals surface area contributed by atoms with E-state index in [1.807, 2.05) is 42.3 Å². The topological polar surface area (TPSA) is 56.3 Å². The Bertz CT molecular complexity index is 849. The number of nitrogens with zero attached hydrogens (tertiary/aromatic N) is 4. The van der Waals surface area contributed by atoms with Crippen LogP contribution in [0, 0.1) is 4.77 Å². The number of aromatic nitrogens is 3. The van der Waals surface area contributed by atoms with Crippen LogP contribution in [0.3, 0.4) is 0 Å². The smallest absolute Gasteiger partial charge is 0.229 e. The molecule has 0 saturated carbocycles. The molecule has 0 unspecified atom stereocenters. The van der Waals surface area contributed by atoms with Crippen LogP contribution in [0.2, 0.25) is 0 Å². The van der Waals surface area contributed by atoms with Gasteiger partial charge in [-0.1, -0.05) is 30.3 Å². The Hall–Kier alpha value is -2.51. The molecule has 0 amide bonds. The van der Waals surface area contributed by atoms with E-state index in [0.717, 1.165) is 12.2 Å². The fourth-order valence-electron chi connectivity index (χ4n) is 2.45. The Balaban J connectivity index is 1.45. The minimum Gasteiger partial charge on any atom is -0.467 e. The van der Waals surface area contributed by atoms with Gasteiger partial charge in [0.05, 0.1) is 26.0 Å². The lowest BCUT2D eigenvalue weighted by molar-refractivity contribution is 0.143. The fraction of sp³-hybridized carbons (Fsp3) is 0.316. The zero-order chi connectivity index (χ0) is 18.2. The van der Waals surface area contributed by atoms with Gasteiger partial charge in [-0.05, 0) is 36.3 Å². The summed E-state index contributed by atoms with van der Waals surface area (Å²) in [7, 11) is 1.93. The van der Waals surface area contributed by atoms with Gasteiger partial charge in [-0.25, -0.2) is 4.98 Å². The van der Waals surface area contributed by atoms with Crippen molar-refractivity contribution < 1.29 is 9.15 Å². The lowest BCUT2D eigenvalue weighted by Crippen LogP contribution is -2.25. The molecule has 0 aliphatic rings. The monoisotopic (exact) mass is 370 g/mol. The van der Waals surface area contributed by atoms with Gasteiger partial charge in [0, 0.05) is 13.6 Å². The molecule has 0 atom stereocenters. The molecule has 6 nitrogen and oxygen atoms in total. The molecule has 0 aliphatic carbocycles. The van der Waals surface area contributed by atoms with Gasteiger partial charge < -0.3 is 14.1 Å². The van der Waals surface area contributed by atoms with Crippen LogP contribution in [0.5, 0.6) is 0 Å². The van der Waals surface area contributed by atoms with Crippen molar-refractivity contribution in [2.45, 2.75) is 13.0 Å². The third-order valence-corrected chi connectivity index (χ3v) is 4.28. The molecule has 3 rings (SSSR count). The number of furan rings is 1. The Morgan fingerprint density at radius 1 is 1.15 bits per heavy atom. The molecule has 0 bridgehead atoms. The summed E-state index contributed by atoms with van der Waals surface area (Å²) in [6, 6.07) is 14.1. The summed E-state index contributed by atoms with van der Waals surface area (Å²) in [6.07, 6.45) is 4.25. The van der Waals surface area contributed by atoms with E-state index in [-0.39, 0.29) is 0 Å². The van der Waals surface area contributed by atoms with E-state index < -0.39 is 0 Å². The van der Waals surface area contributed by atoms with Gasteiger partial charge in [0.1, 0.15) is 12.1 Å². The van der Waals surface area contributed by atoms with Crippen molar-refractivity contribution in [2.75, 3.05) is 31.7 Å². The predicted molar refractivity (Wildman–Crippen MR) is 103 cm³/mol. The lowest BCUT2D eigenvalue weighted by atomic mass is 10.2. The SMILES string of the molecule is CN(CCOCCc1ccccc1)c1ncn(Cc2ccco2)c(=S)n1. The summed E-state index contributed by atoms with van der Waals surface area (Å²) in [5.41, 5.74) is 1.28. The van der Waals surface area contributed by atoms with E-state index in [2.05, 4.69) is 22.1 Å². The number of ether oxygens (including phenoxy) is 1. The van der Waals surface area contributed by atoms with Crippen molar-refractivity contribution in [2.24, 2.45) is 0 Å². The first-order valence-corrected chi connectivity index (χ1v) is 8.92. The van der Waals surface area contributed by atoms with E-state index in [1.54, 1.807) is 17.2 Å². The summed E-state index contributed by atoms with van der Waals surface area (Å²) in [6.45, 7) is 2.54. The molecule has 7 heteroatoms. The van der Waals surface area contributed by atoms with Crippen LogP contribution in [-0.2, 0) is 17.7 Å². The predicted octanol–water partition coefficient (Wildman–Crippen LogP) is 3.34. The Kier molecular flexibility index (Phi) is 6.51. The van der Waals surface area contributed by atoms with Gasteiger partial charge in [0.15, 0.2) is 0 Å². The van der Waals surface area contributed by atoms with Crippen molar-refractivity contribution in [3.8, 4) is 0 Å². The highest BCUT2D eigenvalue weighted by Gasteiger charge is 2.06. The normalized spacial score (nSPS) is 10.8. The third kappa shape index (κ3) is 5.24. The molecule has 0 saturated heterocycles. The van der Waals surface area contributed by atoms with Crippen molar-refractivity contribution >= 4 is 18.2 Å². The highest BCUT2D eigenvalue weighted by molar-refractivity contribution is 7.71. The van der Waals surface area contributed by atoms with Crippen LogP contribution in [0.1, 0.15) is 11.3 Å². The number of likely N-dealkylation sites (N-methyl/N-ethyl adjacent to an activating group) is 1. The third-order valence-electron chi connectivity index (χ3n) is 3.95. The summed E-state index contributed by atoms with van der Waals surface area (Å²) >= 11 is 5.35. The van der Waals surface area contributed by atoms with Gasteiger partial charge in [-0.3, -0.25) is 4.57 Å². The average Bonchev–Trinajstić information content (AvgIpc) is 3.17. The second kappa shape index (κ2) is 9.26. The zero-order valence-corrected chi connectivity index (χ0v) is 15.6. The van der Waals surface area contributed by atoms with Gasteiger partial charge >= 0.3 is 0 Å². The number of hydrogen-bond donors (Lipinski definition) is 0. The van der Waals surface area contributed by atoms with Crippen molar-refractivity contribution in [1.29, 1.82) is 0 Å². The molecule has 3 aromatic rings. The van der Waals surface area contributed by atoms with Crippen molar-refractivity contribution in [1.82, 2.24) is 14.5 Å². The lowest BCUT2D eigenvalue weighted by Gasteiger charge is -2.17. The first-order chi connectivity index (χ1) is 12.7. The van der Waals surface area contributed by atoms with Crippen molar-refractivity contribution in [3.05, 3.63) is 71.1 Å². The van der Waals surface area contributed by atoms with Crippen LogP contribution in [-0.4, -0.2) is 41.3 Å². The fourth-order valence-corrected chi connectivity index (χ4v) is 2.64. The molecule has 0 spiro atoms. The van der Waals surface area contributed by atoms with Crippen LogP contribution < -0.4 is 4.90 Å². The highest BCUT2D eigenvalue weighted by atomic mass is 32.1. The van der Waals surface area contributed by atoms with E-state index in [4.69, 9.17) is 21.4 Å².